The molecule has 0 aliphatic carbocycles. The number of aryl methyl sites for hydroxylation is 1. The number of urea groups is 1. The van der Waals surface area contributed by atoms with Crippen molar-refractivity contribution in [1.29, 1.82) is 0 Å². The monoisotopic (exact) mass is 342 g/mol. The summed E-state index contributed by atoms with van der Waals surface area (Å²) in [5, 5.41) is 5.67. The number of para-hydroxylation sites is 3. The minimum atomic E-state index is -0.236. The standard InChI is InChI=1S/C20H26N2O3/c1-3-15-25-18-12-6-4-9-16(18)10-8-14-21-20(23)22-17-11-5-7-13-19(17)24-2/h4-7,9,11-13H,3,8,10,14-15H2,1-2H3,(H2,21,22,23). The van der Waals surface area contributed by atoms with E-state index in [2.05, 4.69) is 23.6 Å². The Morgan fingerprint density at radius 3 is 2.52 bits per heavy atom. The molecule has 2 rings (SSSR count). The number of carbonyl (C=O) groups is 1. The molecule has 0 aliphatic heterocycles. The van der Waals surface area contributed by atoms with Crippen LogP contribution in [-0.2, 0) is 6.42 Å². The Morgan fingerprint density at radius 1 is 1.04 bits per heavy atom. The van der Waals surface area contributed by atoms with Crippen LogP contribution in [0.2, 0.25) is 0 Å². The molecule has 0 radical (unpaired) electrons. The van der Waals surface area contributed by atoms with Gasteiger partial charge in [-0.25, -0.2) is 4.79 Å². The second-order valence-electron chi connectivity index (χ2n) is 5.64. The first kappa shape index (κ1) is 18.6. The number of carbonyl (C=O) groups excluding carboxylic acids is 1. The quantitative estimate of drug-likeness (QED) is 0.670. The highest BCUT2D eigenvalue weighted by Gasteiger charge is 2.07. The van der Waals surface area contributed by atoms with Gasteiger partial charge in [0.25, 0.3) is 0 Å². The molecule has 0 fully saturated rings. The average Bonchev–Trinajstić information content (AvgIpc) is 2.64. The van der Waals surface area contributed by atoms with Crippen LogP contribution < -0.4 is 20.1 Å². The molecule has 2 aromatic rings. The lowest BCUT2D eigenvalue weighted by Gasteiger charge is -2.12. The topological polar surface area (TPSA) is 59.6 Å². The first-order chi connectivity index (χ1) is 12.2. The Balaban J connectivity index is 1.77. The van der Waals surface area contributed by atoms with Gasteiger partial charge in [0.2, 0.25) is 0 Å². The van der Waals surface area contributed by atoms with Crippen LogP contribution in [0.3, 0.4) is 0 Å². The van der Waals surface area contributed by atoms with Gasteiger partial charge in [-0.3, -0.25) is 0 Å². The van der Waals surface area contributed by atoms with Gasteiger partial charge < -0.3 is 20.1 Å². The number of benzene rings is 2. The fourth-order valence-electron chi connectivity index (χ4n) is 2.46. The van der Waals surface area contributed by atoms with Crippen LogP contribution in [0.4, 0.5) is 10.5 Å². The van der Waals surface area contributed by atoms with Gasteiger partial charge in [-0.1, -0.05) is 37.3 Å². The molecule has 0 aliphatic rings. The maximum absolute atomic E-state index is 12.0. The van der Waals surface area contributed by atoms with Gasteiger partial charge in [0.1, 0.15) is 11.5 Å². The summed E-state index contributed by atoms with van der Waals surface area (Å²) in [4.78, 5) is 12.0. The van der Waals surface area contributed by atoms with Crippen molar-refractivity contribution >= 4 is 11.7 Å². The first-order valence-electron chi connectivity index (χ1n) is 8.63. The molecular weight excluding hydrogens is 316 g/mol. The maximum Gasteiger partial charge on any atom is 0.319 e. The third-order valence-corrected chi connectivity index (χ3v) is 3.70. The predicted octanol–water partition coefficient (Wildman–Crippen LogP) is 4.24. The highest BCUT2D eigenvalue weighted by atomic mass is 16.5. The molecule has 0 bridgehead atoms. The molecule has 0 heterocycles. The third-order valence-electron chi connectivity index (χ3n) is 3.70. The molecule has 134 valence electrons. The number of ether oxygens (including phenoxy) is 2. The van der Waals surface area contributed by atoms with E-state index in [9.17, 15) is 4.79 Å². The Kier molecular flexibility index (Phi) is 7.63. The van der Waals surface area contributed by atoms with Gasteiger partial charge >= 0.3 is 6.03 Å². The van der Waals surface area contributed by atoms with Crippen LogP contribution in [0, 0.1) is 0 Å². The fourth-order valence-corrected chi connectivity index (χ4v) is 2.46. The summed E-state index contributed by atoms with van der Waals surface area (Å²) >= 11 is 0. The largest absolute Gasteiger partial charge is 0.495 e. The maximum atomic E-state index is 12.0. The summed E-state index contributed by atoms with van der Waals surface area (Å²) in [5.74, 6) is 1.57. The SMILES string of the molecule is CCCOc1ccccc1CCCNC(=O)Nc1ccccc1OC. The lowest BCUT2D eigenvalue weighted by atomic mass is 10.1. The Hall–Kier alpha value is -2.69. The lowest BCUT2D eigenvalue weighted by molar-refractivity contribution is 0.252. The number of amides is 2. The summed E-state index contributed by atoms with van der Waals surface area (Å²) in [6, 6.07) is 15.1. The van der Waals surface area contributed by atoms with Gasteiger partial charge in [0.15, 0.2) is 0 Å². The second-order valence-corrected chi connectivity index (χ2v) is 5.64. The van der Waals surface area contributed by atoms with Crippen molar-refractivity contribution in [1.82, 2.24) is 5.32 Å². The molecule has 25 heavy (non-hydrogen) atoms. The predicted molar refractivity (Wildman–Crippen MR) is 101 cm³/mol. The van der Waals surface area contributed by atoms with Crippen molar-refractivity contribution in [3.8, 4) is 11.5 Å². The van der Waals surface area contributed by atoms with Crippen LogP contribution in [-0.4, -0.2) is 26.3 Å². The Bertz CT molecular complexity index is 673. The highest BCUT2D eigenvalue weighted by molar-refractivity contribution is 5.90. The number of hydrogen-bond donors (Lipinski definition) is 2. The zero-order chi connectivity index (χ0) is 17.9. The Morgan fingerprint density at radius 2 is 1.76 bits per heavy atom. The zero-order valence-corrected chi connectivity index (χ0v) is 14.9. The van der Waals surface area contributed by atoms with Gasteiger partial charge in [0.05, 0.1) is 19.4 Å². The summed E-state index contributed by atoms with van der Waals surface area (Å²) in [6.45, 7) is 3.40. The van der Waals surface area contributed by atoms with E-state index >= 15 is 0 Å². The number of nitrogens with one attached hydrogen (secondary N) is 2. The van der Waals surface area contributed by atoms with Crippen LogP contribution >= 0.6 is 0 Å². The lowest BCUT2D eigenvalue weighted by Crippen LogP contribution is -2.29. The van der Waals surface area contributed by atoms with E-state index in [1.54, 1.807) is 13.2 Å². The second kappa shape index (κ2) is 10.2. The average molecular weight is 342 g/mol. The molecule has 0 aromatic heterocycles. The first-order valence-corrected chi connectivity index (χ1v) is 8.63. The molecule has 0 atom stereocenters. The van der Waals surface area contributed by atoms with Crippen LogP contribution in [0.5, 0.6) is 11.5 Å². The highest BCUT2D eigenvalue weighted by Crippen LogP contribution is 2.23. The van der Waals surface area contributed by atoms with E-state index in [1.165, 1.54) is 5.56 Å². The molecule has 0 spiro atoms. The van der Waals surface area contributed by atoms with E-state index in [-0.39, 0.29) is 6.03 Å². The third kappa shape index (κ3) is 6.03. The number of anilines is 1. The van der Waals surface area contributed by atoms with Crippen molar-refractivity contribution in [2.45, 2.75) is 26.2 Å². The summed E-state index contributed by atoms with van der Waals surface area (Å²) in [5.41, 5.74) is 1.82. The number of rotatable bonds is 9. The Labute approximate surface area is 149 Å². The van der Waals surface area contributed by atoms with E-state index in [1.807, 2.05) is 36.4 Å². The van der Waals surface area contributed by atoms with Crippen molar-refractivity contribution in [3.05, 3.63) is 54.1 Å². The molecule has 0 unspecified atom stereocenters. The van der Waals surface area contributed by atoms with Gasteiger partial charge in [-0.2, -0.15) is 0 Å². The normalized spacial score (nSPS) is 10.2. The summed E-state index contributed by atoms with van der Waals surface area (Å²) in [6.07, 6.45) is 2.68. The van der Waals surface area contributed by atoms with E-state index in [0.29, 0.717) is 18.0 Å². The molecule has 0 saturated carbocycles. The van der Waals surface area contributed by atoms with Gasteiger partial charge in [-0.05, 0) is 43.0 Å². The van der Waals surface area contributed by atoms with Crippen molar-refractivity contribution in [2.75, 3.05) is 25.6 Å². The van der Waals surface area contributed by atoms with Crippen molar-refractivity contribution < 1.29 is 14.3 Å². The molecule has 2 aromatic carbocycles. The fraction of sp³-hybridized carbons (Fsp3) is 0.350. The molecular formula is C20H26N2O3. The minimum Gasteiger partial charge on any atom is -0.495 e. The summed E-state index contributed by atoms with van der Waals surface area (Å²) < 4.78 is 11.0. The molecule has 0 saturated heterocycles. The number of methoxy groups -OCH3 is 1. The van der Waals surface area contributed by atoms with Gasteiger partial charge in [-0.15, -0.1) is 0 Å². The van der Waals surface area contributed by atoms with Crippen LogP contribution in [0.25, 0.3) is 0 Å². The number of hydrogen-bond acceptors (Lipinski definition) is 3. The smallest absolute Gasteiger partial charge is 0.319 e. The molecule has 5 heteroatoms. The van der Waals surface area contributed by atoms with Crippen molar-refractivity contribution in [2.24, 2.45) is 0 Å². The van der Waals surface area contributed by atoms with Crippen molar-refractivity contribution in [3.63, 3.8) is 0 Å². The molecule has 2 N–H and O–H groups in total. The van der Waals surface area contributed by atoms with Crippen LogP contribution in [0.15, 0.2) is 48.5 Å². The minimum absolute atomic E-state index is 0.236. The van der Waals surface area contributed by atoms with E-state index in [4.69, 9.17) is 9.47 Å². The molecule has 5 nitrogen and oxygen atoms in total. The van der Waals surface area contributed by atoms with E-state index in [0.717, 1.165) is 31.6 Å². The van der Waals surface area contributed by atoms with E-state index < -0.39 is 0 Å². The zero-order valence-electron chi connectivity index (χ0n) is 14.9. The molecule has 2 amide bonds. The van der Waals surface area contributed by atoms with Crippen LogP contribution in [0.1, 0.15) is 25.3 Å². The van der Waals surface area contributed by atoms with Gasteiger partial charge in [0, 0.05) is 6.54 Å². The summed E-state index contributed by atoms with van der Waals surface area (Å²) in [7, 11) is 1.58.